The van der Waals surface area contributed by atoms with Gasteiger partial charge in [-0.15, -0.1) is 0 Å². The van der Waals surface area contributed by atoms with Crippen molar-refractivity contribution < 1.29 is 9.59 Å². The fourth-order valence-corrected chi connectivity index (χ4v) is 7.95. The topological polar surface area (TPSA) is 81.0 Å². The van der Waals surface area contributed by atoms with Crippen LogP contribution >= 0.6 is 0 Å². The highest BCUT2D eigenvalue weighted by Crippen LogP contribution is 2.42. The molecule has 246 valence electrons. The van der Waals surface area contributed by atoms with Crippen molar-refractivity contribution in [3.05, 3.63) is 137 Å². The number of carbonyl (C=O) groups excluding carboxylic acids is 2. The van der Waals surface area contributed by atoms with Crippen LogP contribution < -0.4 is 10.2 Å². The third-order valence-corrected chi connectivity index (χ3v) is 10.5. The van der Waals surface area contributed by atoms with Crippen molar-refractivity contribution >= 4 is 39.3 Å². The monoisotopic (exact) mass is 654 g/mol. The molecule has 50 heavy (non-hydrogen) atoms. The molecule has 0 unspecified atom stereocenters. The van der Waals surface area contributed by atoms with Gasteiger partial charge >= 0.3 is 0 Å². The first kappa shape index (κ1) is 30.2. The van der Waals surface area contributed by atoms with Gasteiger partial charge in [0.1, 0.15) is 0 Å². The fourth-order valence-electron chi connectivity index (χ4n) is 7.95. The second-order valence-electron chi connectivity index (χ2n) is 14.6. The number of hydrogen-bond donors (Lipinski definition) is 3. The van der Waals surface area contributed by atoms with E-state index >= 15 is 0 Å². The SMILES string of the molecule is CC(C)(C)c1ccc(-c2[nH]c3c(N4CCc5c(-c6ccc(-c7ccccc7)cc6)[nH]c6cccc(c56)C4=O)ccc4c3c2CCNC4=O)cc1. The number of benzene rings is 5. The van der Waals surface area contributed by atoms with E-state index in [1.165, 1.54) is 16.7 Å². The van der Waals surface area contributed by atoms with Crippen molar-refractivity contribution in [3.8, 4) is 33.6 Å². The van der Waals surface area contributed by atoms with Gasteiger partial charge in [0.2, 0.25) is 0 Å². The largest absolute Gasteiger partial charge is 0.354 e. The molecule has 0 saturated carbocycles. The van der Waals surface area contributed by atoms with E-state index in [1.807, 2.05) is 35.2 Å². The van der Waals surface area contributed by atoms with Crippen LogP contribution in [0, 0.1) is 0 Å². The number of nitrogens with one attached hydrogen (secondary N) is 3. The normalized spacial score (nSPS) is 14.6. The molecule has 2 amide bonds. The summed E-state index contributed by atoms with van der Waals surface area (Å²) in [6.07, 6.45) is 1.38. The molecule has 5 aromatic carbocycles. The molecular weight excluding hydrogens is 617 g/mol. The summed E-state index contributed by atoms with van der Waals surface area (Å²) in [6, 6.07) is 37.6. The lowest BCUT2D eigenvalue weighted by molar-refractivity contribution is 0.0956. The standard InChI is InChI=1S/C44H38N4O2/c1-44(2,3)30-18-16-29(17-19-30)40-31-22-24-45-42(49)33-20-21-36(41(47-40)38(31)33)48-25-23-32-37-34(43(48)50)10-7-11-35(37)46-39(32)28-14-12-27(13-15-28)26-8-5-4-6-9-26/h4-21,46-47H,22-25H2,1-3H3,(H,45,49). The summed E-state index contributed by atoms with van der Waals surface area (Å²) in [5.74, 6) is -0.125. The van der Waals surface area contributed by atoms with Gasteiger partial charge in [-0.3, -0.25) is 9.59 Å². The van der Waals surface area contributed by atoms with Crippen molar-refractivity contribution in [2.24, 2.45) is 0 Å². The van der Waals surface area contributed by atoms with Gasteiger partial charge in [-0.05, 0) is 81.5 Å². The number of rotatable bonds is 4. The molecule has 4 heterocycles. The van der Waals surface area contributed by atoms with Crippen LogP contribution in [0.3, 0.4) is 0 Å². The number of H-pyrrole nitrogens is 2. The summed E-state index contributed by atoms with van der Waals surface area (Å²) < 4.78 is 0. The fraction of sp³-hybridized carbons (Fsp3) is 0.182. The van der Waals surface area contributed by atoms with E-state index in [-0.39, 0.29) is 17.2 Å². The molecule has 6 heteroatoms. The van der Waals surface area contributed by atoms with Crippen LogP contribution in [-0.2, 0) is 18.3 Å². The van der Waals surface area contributed by atoms with Gasteiger partial charge in [-0.2, -0.15) is 0 Å². The second kappa shape index (κ2) is 11.3. The molecule has 0 atom stereocenters. The third-order valence-electron chi connectivity index (χ3n) is 10.5. The molecular formula is C44H38N4O2. The summed E-state index contributed by atoms with van der Waals surface area (Å²) in [5.41, 5.74) is 14.0. The predicted molar refractivity (Wildman–Crippen MR) is 203 cm³/mol. The Balaban J connectivity index is 1.15. The lowest BCUT2D eigenvalue weighted by Gasteiger charge is -2.23. The first-order valence-electron chi connectivity index (χ1n) is 17.4. The highest BCUT2D eigenvalue weighted by molar-refractivity contribution is 6.20. The van der Waals surface area contributed by atoms with E-state index in [2.05, 4.69) is 115 Å². The Morgan fingerprint density at radius 2 is 1.26 bits per heavy atom. The van der Waals surface area contributed by atoms with E-state index < -0.39 is 0 Å². The molecule has 2 aliphatic rings. The summed E-state index contributed by atoms with van der Waals surface area (Å²) >= 11 is 0. The first-order chi connectivity index (χ1) is 24.3. The van der Waals surface area contributed by atoms with Gasteiger partial charge < -0.3 is 20.2 Å². The van der Waals surface area contributed by atoms with Crippen LogP contribution in [0.5, 0.6) is 0 Å². The maximum Gasteiger partial charge on any atom is 0.259 e. The van der Waals surface area contributed by atoms with E-state index in [0.717, 1.165) is 61.1 Å². The van der Waals surface area contributed by atoms with Crippen molar-refractivity contribution in [2.75, 3.05) is 18.0 Å². The molecule has 0 aliphatic carbocycles. The van der Waals surface area contributed by atoms with Crippen LogP contribution in [0.4, 0.5) is 5.69 Å². The predicted octanol–water partition coefficient (Wildman–Crippen LogP) is 9.44. The van der Waals surface area contributed by atoms with Crippen LogP contribution in [0.15, 0.2) is 109 Å². The summed E-state index contributed by atoms with van der Waals surface area (Å²) in [5, 5.41) is 4.97. The van der Waals surface area contributed by atoms with Crippen molar-refractivity contribution in [1.82, 2.24) is 15.3 Å². The van der Waals surface area contributed by atoms with Gasteiger partial charge in [-0.1, -0.05) is 106 Å². The van der Waals surface area contributed by atoms with Crippen molar-refractivity contribution in [2.45, 2.75) is 39.0 Å². The zero-order valence-electron chi connectivity index (χ0n) is 28.5. The maximum atomic E-state index is 14.6. The Labute approximate surface area is 291 Å². The number of aromatic nitrogens is 2. The Morgan fingerprint density at radius 3 is 2.00 bits per heavy atom. The minimum atomic E-state index is -0.0836. The molecule has 2 aliphatic heterocycles. The van der Waals surface area contributed by atoms with E-state index in [4.69, 9.17) is 0 Å². The molecule has 0 fully saturated rings. The first-order valence-corrected chi connectivity index (χ1v) is 17.4. The molecule has 0 radical (unpaired) electrons. The second-order valence-corrected chi connectivity index (χ2v) is 14.6. The Kier molecular flexibility index (Phi) is 6.85. The minimum Gasteiger partial charge on any atom is -0.354 e. The summed E-state index contributed by atoms with van der Waals surface area (Å²) in [7, 11) is 0. The number of amides is 2. The highest BCUT2D eigenvalue weighted by Gasteiger charge is 2.32. The smallest absolute Gasteiger partial charge is 0.259 e. The van der Waals surface area contributed by atoms with Gasteiger partial charge in [0.15, 0.2) is 0 Å². The third kappa shape index (κ3) is 4.78. The zero-order chi connectivity index (χ0) is 34.1. The average Bonchev–Trinajstić information content (AvgIpc) is 3.60. The number of nitrogens with zero attached hydrogens (tertiary/aromatic N) is 1. The number of hydrogen-bond acceptors (Lipinski definition) is 2. The van der Waals surface area contributed by atoms with Gasteiger partial charge in [0.25, 0.3) is 11.8 Å². The minimum absolute atomic E-state index is 0.0417. The van der Waals surface area contributed by atoms with Gasteiger partial charge in [0, 0.05) is 51.9 Å². The molecule has 0 spiro atoms. The molecule has 0 saturated heterocycles. The van der Waals surface area contributed by atoms with Gasteiger partial charge in [0.05, 0.1) is 11.2 Å². The van der Waals surface area contributed by atoms with Crippen LogP contribution in [0.25, 0.3) is 55.4 Å². The number of anilines is 1. The molecule has 2 aromatic heterocycles. The van der Waals surface area contributed by atoms with Gasteiger partial charge in [-0.25, -0.2) is 0 Å². The van der Waals surface area contributed by atoms with Crippen LogP contribution in [-0.4, -0.2) is 34.9 Å². The molecule has 0 bridgehead atoms. The lowest BCUT2D eigenvalue weighted by Crippen LogP contribution is -2.32. The number of aromatic amines is 2. The molecule has 7 aromatic rings. The Hall–Kier alpha value is -5.88. The van der Waals surface area contributed by atoms with E-state index in [1.54, 1.807) is 0 Å². The average molecular weight is 655 g/mol. The van der Waals surface area contributed by atoms with Crippen molar-refractivity contribution in [3.63, 3.8) is 0 Å². The highest BCUT2D eigenvalue weighted by atomic mass is 16.2. The Bertz CT molecular complexity index is 2460. The zero-order valence-corrected chi connectivity index (χ0v) is 28.5. The summed E-state index contributed by atoms with van der Waals surface area (Å²) in [6.45, 7) is 7.70. The Morgan fingerprint density at radius 1 is 0.600 bits per heavy atom. The molecule has 6 nitrogen and oxygen atoms in total. The number of carbonyl (C=O) groups is 2. The van der Waals surface area contributed by atoms with Crippen LogP contribution in [0.1, 0.15) is 58.2 Å². The lowest BCUT2D eigenvalue weighted by atomic mass is 9.86. The molecule has 9 rings (SSSR count). The maximum absolute atomic E-state index is 14.6. The summed E-state index contributed by atoms with van der Waals surface area (Å²) in [4.78, 5) is 37.2. The molecule has 3 N–H and O–H groups in total. The van der Waals surface area contributed by atoms with E-state index in [9.17, 15) is 9.59 Å². The van der Waals surface area contributed by atoms with Crippen molar-refractivity contribution in [1.29, 1.82) is 0 Å². The quantitative estimate of drug-likeness (QED) is 0.177. The van der Waals surface area contributed by atoms with E-state index in [0.29, 0.717) is 37.1 Å². The van der Waals surface area contributed by atoms with Crippen LogP contribution in [0.2, 0.25) is 0 Å².